The molecule has 0 saturated heterocycles. The van der Waals surface area contributed by atoms with Crippen LogP contribution in [0.4, 0.5) is 8.78 Å². The SMILES string of the molecule is Cc1cnccc1C(=O)c1c(F)cccc1F. The van der Waals surface area contributed by atoms with Gasteiger partial charge in [-0.15, -0.1) is 0 Å². The maximum Gasteiger partial charge on any atom is 0.199 e. The molecule has 0 fully saturated rings. The van der Waals surface area contributed by atoms with Gasteiger partial charge in [-0.1, -0.05) is 6.07 Å². The smallest absolute Gasteiger partial charge is 0.199 e. The van der Waals surface area contributed by atoms with Crippen LogP contribution in [0.5, 0.6) is 0 Å². The van der Waals surface area contributed by atoms with Crippen LogP contribution in [0, 0.1) is 18.6 Å². The minimum absolute atomic E-state index is 0.254. The van der Waals surface area contributed by atoms with E-state index in [0.717, 1.165) is 12.1 Å². The molecular formula is C13H9F2NO. The molecule has 0 spiro atoms. The van der Waals surface area contributed by atoms with Gasteiger partial charge in [-0.05, 0) is 30.7 Å². The van der Waals surface area contributed by atoms with E-state index in [2.05, 4.69) is 4.98 Å². The molecule has 0 amide bonds. The summed E-state index contributed by atoms with van der Waals surface area (Å²) in [6.45, 7) is 1.67. The number of hydrogen-bond donors (Lipinski definition) is 0. The number of carbonyl (C=O) groups excluding carboxylic acids is 1. The highest BCUT2D eigenvalue weighted by molar-refractivity contribution is 6.10. The van der Waals surface area contributed by atoms with Crippen LogP contribution >= 0.6 is 0 Å². The molecule has 86 valence electrons. The lowest BCUT2D eigenvalue weighted by Crippen LogP contribution is -2.09. The summed E-state index contributed by atoms with van der Waals surface area (Å²) in [4.78, 5) is 15.8. The molecule has 4 heteroatoms. The Morgan fingerprint density at radius 1 is 1.18 bits per heavy atom. The predicted molar refractivity (Wildman–Crippen MR) is 58.8 cm³/mol. The number of pyridine rings is 1. The number of carbonyl (C=O) groups is 1. The van der Waals surface area contributed by atoms with Crippen LogP contribution in [-0.2, 0) is 0 Å². The van der Waals surface area contributed by atoms with Crippen LogP contribution < -0.4 is 0 Å². The van der Waals surface area contributed by atoms with E-state index < -0.39 is 23.0 Å². The van der Waals surface area contributed by atoms with Gasteiger partial charge in [-0.2, -0.15) is 0 Å². The molecule has 0 unspecified atom stereocenters. The number of rotatable bonds is 2. The highest BCUT2D eigenvalue weighted by Gasteiger charge is 2.19. The van der Waals surface area contributed by atoms with Gasteiger partial charge in [0.05, 0.1) is 5.56 Å². The van der Waals surface area contributed by atoms with Crippen molar-refractivity contribution in [2.45, 2.75) is 6.92 Å². The quantitative estimate of drug-likeness (QED) is 0.746. The molecule has 0 aliphatic carbocycles. The van der Waals surface area contributed by atoms with Crippen molar-refractivity contribution in [3.05, 3.63) is 65.0 Å². The Hall–Kier alpha value is -2.10. The average Bonchev–Trinajstić information content (AvgIpc) is 2.29. The molecule has 17 heavy (non-hydrogen) atoms. The van der Waals surface area contributed by atoms with Crippen molar-refractivity contribution in [3.8, 4) is 0 Å². The molecule has 0 atom stereocenters. The molecule has 2 rings (SSSR count). The Bertz CT molecular complexity index is 561. The van der Waals surface area contributed by atoms with E-state index in [1.807, 2.05) is 0 Å². The summed E-state index contributed by atoms with van der Waals surface area (Å²) in [5.41, 5.74) is 0.311. The van der Waals surface area contributed by atoms with Crippen LogP contribution in [0.25, 0.3) is 0 Å². The summed E-state index contributed by atoms with van der Waals surface area (Å²) in [6.07, 6.45) is 2.89. The molecule has 2 aromatic rings. The van der Waals surface area contributed by atoms with Gasteiger partial charge in [0, 0.05) is 18.0 Å². The first kappa shape index (κ1) is 11.4. The number of aryl methyl sites for hydroxylation is 1. The summed E-state index contributed by atoms with van der Waals surface area (Å²) < 4.78 is 26.9. The van der Waals surface area contributed by atoms with Crippen LogP contribution in [-0.4, -0.2) is 10.8 Å². The van der Waals surface area contributed by atoms with E-state index in [9.17, 15) is 13.6 Å². The number of hydrogen-bond acceptors (Lipinski definition) is 2. The van der Waals surface area contributed by atoms with E-state index in [1.165, 1.54) is 24.5 Å². The Kier molecular flexibility index (Phi) is 2.95. The number of aromatic nitrogens is 1. The van der Waals surface area contributed by atoms with Gasteiger partial charge in [-0.3, -0.25) is 9.78 Å². The van der Waals surface area contributed by atoms with E-state index in [1.54, 1.807) is 6.92 Å². The molecule has 0 bridgehead atoms. The first-order chi connectivity index (χ1) is 8.11. The largest absolute Gasteiger partial charge is 0.288 e. The summed E-state index contributed by atoms with van der Waals surface area (Å²) >= 11 is 0. The van der Waals surface area contributed by atoms with Crippen molar-refractivity contribution in [1.29, 1.82) is 0 Å². The zero-order valence-electron chi connectivity index (χ0n) is 9.08. The number of benzene rings is 1. The monoisotopic (exact) mass is 233 g/mol. The molecule has 2 nitrogen and oxygen atoms in total. The summed E-state index contributed by atoms with van der Waals surface area (Å²) in [5, 5.41) is 0. The summed E-state index contributed by atoms with van der Waals surface area (Å²) in [6, 6.07) is 4.80. The average molecular weight is 233 g/mol. The lowest BCUT2D eigenvalue weighted by atomic mass is 10.00. The maximum atomic E-state index is 13.4. The fraction of sp³-hybridized carbons (Fsp3) is 0.0769. The van der Waals surface area contributed by atoms with Crippen LogP contribution in [0.1, 0.15) is 21.5 Å². The maximum absolute atomic E-state index is 13.4. The summed E-state index contributed by atoms with van der Waals surface area (Å²) in [5.74, 6) is -2.38. The molecule has 1 aromatic heterocycles. The topological polar surface area (TPSA) is 30.0 Å². The first-order valence-corrected chi connectivity index (χ1v) is 5.00. The minimum atomic E-state index is -0.855. The van der Waals surface area contributed by atoms with E-state index in [-0.39, 0.29) is 5.56 Å². The van der Waals surface area contributed by atoms with Crippen molar-refractivity contribution < 1.29 is 13.6 Å². The van der Waals surface area contributed by atoms with Gasteiger partial charge in [-0.25, -0.2) is 8.78 Å². The predicted octanol–water partition coefficient (Wildman–Crippen LogP) is 2.90. The van der Waals surface area contributed by atoms with Crippen LogP contribution in [0.2, 0.25) is 0 Å². The fourth-order valence-corrected chi connectivity index (χ4v) is 1.58. The minimum Gasteiger partial charge on any atom is -0.288 e. The van der Waals surface area contributed by atoms with Crippen LogP contribution in [0.15, 0.2) is 36.7 Å². The van der Waals surface area contributed by atoms with Crippen molar-refractivity contribution in [2.75, 3.05) is 0 Å². The standard InChI is InChI=1S/C13H9F2NO/c1-8-7-16-6-5-9(8)13(17)12-10(14)3-2-4-11(12)15/h2-7H,1H3. The highest BCUT2D eigenvalue weighted by atomic mass is 19.1. The Morgan fingerprint density at radius 3 is 2.41 bits per heavy atom. The summed E-state index contributed by atoms with van der Waals surface area (Å²) in [7, 11) is 0. The molecule has 0 aliphatic rings. The van der Waals surface area contributed by atoms with Crippen LogP contribution in [0.3, 0.4) is 0 Å². The van der Waals surface area contributed by atoms with Gasteiger partial charge < -0.3 is 0 Å². The van der Waals surface area contributed by atoms with Crippen molar-refractivity contribution >= 4 is 5.78 Å². The fourth-order valence-electron chi connectivity index (χ4n) is 1.58. The number of nitrogens with zero attached hydrogens (tertiary/aromatic N) is 1. The lowest BCUT2D eigenvalue weighted by molar-refractivity contribution is 0.103. The number of halogens is 2. The first-order valence-electron chi connectivity index (χ1n) is 5.00. The second kappa shape index (κ2) is 4.41. The van der Waals surface area contributed by atoms with E-state index in [4.69, 9.17) is 0 Å². The molecule has 1 heterocycles. The zero-order chi connectivity index (χ0) is 12.4. The zero-order valence-corrected chi connectivity index (χ0v) is 9.08. The lowest BCUT2D eigenvalue weighted by Gasteiger charge is -2.06. The Morgan fingerprint density at radius 2 is 1.82 bits per heavy atom. The van der Waals surface area contributed by atoms with Gasteiger partial charge in [0.2, 0.25) is 0 Å². The van der Waals surface area contributed by atoms with Crippen molar-refractivity contribution in [2.24, 2.45) is 0 Å². The van der Waals surface area contributed by atoms with Crippen molar-refractivity contribution in [1.82, 2.24) is 4.98 Å². The second-order valence-electron chi connectivity index (χ2n) is 3.62. The highest BCUT2D eigenvalue weighted by Crippen LogP contribution is 2.18. The molecule has 0 saturated carbocycles. The normalized spacial score (nSPS) is 10.3. The number of ketones is 1. The second-order valence-corrected chi connectivity index (χ2v) is 3.62. The van der Waals surface area contributed by atoms with Gasteiger partial charge >= 0.3 is 0 Å². The molecule has 0 radical (unpaired) electrons. The third kappa shape index (κ3) is 2.06. The molecule has 0 aliphatic heterocycles. The molecule has 0 N–H and O–H groups in total. The molecular weight excluding hydrogens is 224 g/mol. The van der Waals surface area contributed by atoms with Gasteiger partial charge in [0.25, 0.3) is 0 Å². The van der Waals surface area contributed by atoms with Gasteiger partial charge in [0.15, 0.2) is 5.78 Å². The van der Waals surface area contributed by atoms with Crippen molar-refractivity contribution in [3.63, 3.8) is 0 Å². The Balaban J connectivity index is 2.56. The third-order valence-electron chi connectivity index (χ3n) is 2.45. The van der Waals surface area contributed by atoms with Gasteiger partial charge in [0.1, 0.15) is 11.6 Å². The third-order valence-corrected chi connectivity index (χ3v) is 2.45. The molecule has 1 aromatic carbocycles. The Labute approximate surface area is 96.9 Å². The van der Waals surface area contributed by atoms with E-state index in [0.29, 0.717) is 5.56 Å². The van der Waals surface area contributed by atoms with E-state index >= 15 is 0 Å².